The number of hydrogen-bond donors (Lipinski definition) is 1. The Labute approximate surface area is 257 Å². The number of nitrogens with one attached hydrogen (secondary N) is 1. The number of aromatic nitrogens is 2. The fourth-order valence-electron chi connectivity index (χ4n) is 7.19. The van der Waals surface area contributed by atoms with Crippen molar-refractivity contribution < 1.29 is 9.59 Å². The van der Waals surface area contributed by atoms with Crippen LogP contribution in [-0.2, 0) is 24.2 Å². The maximum Gasteiger partial charge on any atom is 0.253 e. The first kappa shape index (κ1) is 28.0. The number of amides is 2. The Morgan fingerprint density at radius 2 is 1.67 bits per heavy atom. The van der Waals surface area contributed by atoms with Crippen LogP contribution >= 0.6 is 11.6 Å². The predicted octanol–water partition coefficient (Wildman–Crippen LogP) is 5.76. The number of carbonyl (C=O) groups is 2. The molecule has 1 unspecified atom stereocenters. The minimum absolute atomic E-state index is 0.0726. The van der Waals surface area contributed by atoms with Crippen LogP contribution in [0.1, 0.15) is 64.3 Å². The number of aryl methyl sites for hydroxylation is 1. The number of halogens is 1. The largest absolute Gasteiger partial charge is 0.345 e. The lowest BCUT2D eigenvalue weighted by molar-refractivity contribution is -0.130. The molecule has 0 radical (unpaired) electrons. The summed E-state index contributed by atoms with van der Waals surface area (Å²) in [5, 5.41) is 3.62. The van der Waals surface area contributed by atoms with Crippen LogP contribution in [0.4, 0.5) is 0 Å². The molecule has 1 aromatic heterocycles. The lowest BCUT2D eigenvalue weighted by Gasteiger charge is -2.39. The average Bonchev–Trinajstić information content (AvgIpc) is 3.63. The predicted molar refractivity (Wildman–Crippen MR) is 168 cm³/mol. The third kappa shape index (κ3) is 5.89. The smallest absolute Gasteiger partial charge is 0.253 e. The van der Waals surface area contributed by atoms with Gasteiger partial charge in [-0.25, -0.2) is 0 Å². The molecule has 220 valence electrons. The lowest BCUT2D eigenvalue weighted by Crippen LogP contribution is -2.42. The molecule has 2 aliphatic heterocycles. The highest BCUT2D eigenvalue weighted by Gasteiger charge is 2.42. The molecule has 2 amide bonds. The summed E-state index contributed by atoms with van der Waals surface area (Å²) in [6.07, 6.45) is 8.96. The number of benzene rings is 3. The summed E-state index contributed by atoms with van der Waals surface area (Å²) in [5.41, 5.74) is 7.23. The Balaban J connectivity index is 0.938. The quantitative estimate of drug-likeness (QED) is 0.308. The number of fused-ring (bicyclic) bond motifs is 2. The van der Waals surface area contributed by atoms with Crippen LogP contribution in [0.5, 0.6) is 0 Å². The third-order valence-corrected chi connectivity index (χ3v) is 10.0. The Morgan fingerprint density at radius 1 is 0.907 bits per heavy atom. The Bertz CT molecular complexity index is 1680. The van der Waals surface area contributed by atoms with Gasteiger partial charge in [-0.05, 0) is 97.1 Å². The Kier molecular flexibility index (Phi) is 7.62. The summed E-state index contributed by atoms with van der Waals surface area (Å²) in [7, 11) is 0. The van der Waals surface area contributed by atoms with Gasteiger partial charge >= 0.3 is 0 Å². The minimum atomic E-state index is -0.162. The highest BCUT2D eigenvalue weighted by Crippen LogP contribution is 2.41. The standard InChI is InChI=1S/C35H36ClN5O2/c36-29-4-2-1-3-27(29)34(43)39-30-10-8-26-7-5-24(19-28(26)30)21-33(42)41-18-13-35(23-41)11-16-40(17-12-35)22-25-6-9-31-32(20-25)38-15-14-37-31/h1-7,9,14-15,19-20,30H,8,10-13,16-18,21-23H2,(H,39,43). The first-order valence-corrected chi connectivity index (χ1v) is 15.7. The monoisotopic (exact) mass is 593 g/mol. The molecule has 0 bridgehead atoms. The van der Waals surface area contributed by atoms with Crippen LogP contribution in [0, 0.1) is 5.41 Å². The topological polar surface area (TPSA) is 78.4 Å². The van der Waals surface area contributed by atoms with Crippen molar-refractivity contribution in [3.63, 3.8) is 0 Å². The second-order valence-electron chi connectivity index (χ2n) is 12.5. The maximum absolute atomic E-state index is 13.5. The summed E-state index contributed by atoms with van der Waals surface area (Å²) in [5.74, 6) is 0.0380. The van der Waals surface area contributed by atoms with Crippen molar-refractivity contribution in [2.45, 2.75) is 51.1 Å². The van der Waals surface area contributed by atoms with Crippen molar-refractivity contribution >= 4 is 34.4 Å². The Morgan fingerprint density at radius 3 is 2.51 bits per heavy atom. The molecule has 1 atom stereocenters. The van der Waals surface area contributed by atoms with E-state index in [1.807, 2.05) is 12.1 Å². The molecule has 2 fully saturated rings. The maximum atomic E-state index is 13.5. The molecular formula is C35H36ClN5O2. The van der Waals surface area contributed by atoms with E-state index in [1.165, 1.54) is 11.1 Å². The first-order chi connectivity index (χ1) is 20.9. The number of hydrogen-bond acceptors (Lipinski definition) is 5. The zero-order chi connectivity index (χ0) is 29.4. The van der Waals surface area contributed by atoms with Gasteiger partial charge in [-0.3, -0.25) is 24.5 Å². The molecule has 8 heteroatoms. The van der Waals surface area contributed by atoms with E-state index in [-0.39, 0.29) is 23.3 Å². The fourth-order valence-corrected chi connectivity index (χ4v) is 7.41. The molecule has 7 rings (SSSR count). The molecule has 4 aromatic rings. The van der Waals surface area contributed by atoms with Gasteiger partial charge in [-0.1, -0.05) is 48.0 Å². The highest BCUT2D eigenvalue weighted by molar-refractivity contribution is 6.33. The summed E-state index contributed by atoms with van der Waals surface area (Å²) in [6, 6.07) is 19.7. The van der Waals surface area contributed by atoms with E-state index in [4.69, 9.17) is 11.6 Å². The van der Waals surface area contributed by atoms with Gasteiger partial charge in [0.2, 0.25) is 5.91 Å². The van der Waals surface area contributed by atoms with Crippen LogP contribution < -0.4 is 5.32 Å². The van der Waals surface area contributed by atoms with E-state index in [9.17, 15) is 9.59 Å². The number of carbonyl (C=O) groups excluding carboxylic acids is 2. The van der Waals surface area contributed by atoms with Gasteiger partial charge in [0.05, 0.1) is 34.1 Å². The highest BCUT2D eigenvalue weighted by atomic mass is 35.5. The molecule has 3 aromatic carbocycles. The summed E-state index contributed by atoms with van der Waals surface area (Å²) < 4.78 is 0. The lowest BCUT2D eigenvalue weighted by atomic mass is 9.77. The van der Waals surface area contributed by atoms with Crippen LogP contribution in [0.15, 0.2) is 73.1 Å². The first-order valence-electron chi connectivity index (χ1n) is 15.3. The van der Waals surface area contributed by atoms with Gasteiger partial charge in [0, 0.05) is 32.0 Å². The van der Waals surface area contributed by atoms with Crippen LogP contribution in [0.3, 0.4) is 0 Å². The van der Waals surface area contributed by atoms with Crippen molar-refractivity contribution in [2.75, 3.05) is 26.2 Å². The number of piperidine rings is 1. The molecule has 3 heterocycles. The van der Waals surface area contributed by atoms with E-state index in [2.05, 4.69) is 61.5 Å². The van der Waals surface area contributed by atoms with E-state index in [0.717, 1.165) is 87.0 Å². The van der Waals surface area contributed by atoms with Crippen molar-refractivity contribution in [1.29, 1.82) is 0 Å². The molecule has 1 spiro atoms. The summed E-state index contributed by atoms with van der Waals surface area (Å²) in [6.45, 7) is 4.71. The number of likely N-dealkylation sites (tertiary alicyclic amines) is 2. The molecule has 2 saturated heterocycles. The van der Waals surface area contributed by atoms with Gasteiger partial charge in [0.1, 0.15) is 0 Å². The summed E-state index contributed by atoms with van der Waals surface area (Å²) >= 11 is 6.25. The normalized spacial score (nSPS) is 19.6. The van der Waals surface area contributed by atoms with Gasteiger partial charge < -0.3 is 10.2 Å². The third-order valence-electron chi connectivity index (χ3n) is 9.71. The molecule has 1 N–H and O–H groups in total. The summed E-state index contributed by atoms with van der Waals surface area (Å²) in [4.78, 5) is 39.8. The molecular weight excluding hydrogens is 558 g/mol. The van der Waals surface area contributed by atoms with E-state index < -0.39 is 0 Å². The second-order valence-corrected chi connectivity index (χ2v) is 12.9. The van der Waals surface area contributed by atoms with E-state index >= 15 is 0 Å². The molecule has 3 aliphatic rings. The minimum Gasteiger partial charge on any atom is -0.345 e. The second kappa shape index (κ2) is 11.7. The van der Waals surface area contributed by atoms with E-state index in [0.29, 0.717) is 17.0 Å². The van der Waals surface area contributed by atoms with Crippen molar-refractivity contribution in [3.8, 4) is 0 Å². The van der Waals surface area contributed by atoms with Crippen molar-refractivity contribution in [3.05, 3.63) is 106 Å². The molecule has 0 saturated carbocycles. The zero-order valence-electron chi connectivity index (χ0n) is 24.3. The van der Waals surface area contributed by atoms with Gasteiger partial charge in [0.25, 0.3) is 5.91 Å². The SMILES string of the molecule is O=C(NC1CCc2ccc(CC(=O)N3CCC4(CCN(Cc5ccc6nccnc6c5)CC4)C3)cc21)c1ccccc1Cl. The Hall–Kier alpha value is -3.81. The van der Waals surface area contributed by atoms with E-state index in [1.54, 1.807) is 24.5 Å². The zero-order valence-corrected chi connectivity index (χ0v) is 25.0. The van der Waals surface area contributed by atoms with Crippen LogP contribution in [-0.4, -0.2) is 57.8 Å². The number of nitrogens with zero attached hydrogens (tertiary/aromatic N) is 4. The average molecular weight is 594 g/mol. The fraction of sp³-hybridized carbons (Fsp3) is 0.371. The van der Waals surface area contributed by atoms with Crippen molar-refractivity contribution in [2.24, 2.45) is 5.41 Å². The van der Waals surface area contributed by atoms with Gasteiger partial charge in [-0.2, -0.15) is 0 Å². The van der Waals surface area contributed by atoms with Gasteiger partial charge in [0.15, 0.2) is 0 Å². The molecule has 7 nitrogen and oxygen atoms in total. The molecule has 43 heavy (non-hydrogen) atoms. The van der Waals surface area contributed by atoms with Crippen molar-refractivity contribution in [1.82, 2.24) is 25.1 Å². The van der Waals surface area contributed by atoms with Crippen LogP contribution in [0.25, 0.3) is 11.0 Å². The number of rotatable bonds is 6. The molecule has 1 aliphatic carbocycles. The van der Waals surface area contributed by atoms with Gasteiger partial charge in [-0.15, -0.1) is 0 Å². The van der Waals surface area contributed by atoms with Crippen LogP contribution in [0.2, 0.25) is 5.02 Å².